The molecule has 0 radical (unpaired) electrons. The van der Waals surface area contributed by atoms with E-state index in [0.717, 1.165) is 10.9 Å². The number of fused-ring (bicyclic) bond motifs is 3. The number of aliphatic hydroxyl groups is 1. The van der Waals surface area contributed by atoms with Crippen LogP contribution in [0.5, 0.6) is 5.75 Å². The molecule has 13 heteroatoms. The Kier molecular flexibility index (Phi) is 9.81. The summed E-state index contributed by atoms with van der Waals surface area (Å²) in [5.41, 5.74) is 8.74. The van der Waals surface area contributed by atoms with Crippen LogP contribution in [0.2, 0.25) is 0 Å². The van der Waals surface area contributed by atoms with E-state index in [-0.39, 0.29) is 31.3 Å². The number of anilines is 1. The van der Waals surface area contributed by atoms with E-state index in [1.807, 2.05) is 61.5 Å². The third-order valence-corrected chi connectivity index (χ3v) is 8.58. The highest BCUT2D eigenvalue weighted by Gasteiger charge is 2.40. The fraction of sp³-hybridized carbons (Fsp3) is 0.281. The first-order valence-corrected chi connectivity index (χ1v) is 16.0. The van der Waals surface area contributed by atoms with Crippen molar-refractivity contribution in [3.8, 4) is 5.75 Å². The number of hydrogen-bond donors (Lipinski definition) is 3. The Labute approximate surface area is 260 Å². The van der Waals surface area contributed by atoms with Gasteiger partial charge in [-0.25, -0.2) is 14.5 Å². The van der Waals surface area contributed by atoms with E-state index >= 15 is 0 Å². The van der Waals surface area contributed by atoms with Gasteiger partial charge < -0.3 is 29.4 Å². The van der Waals surface area contributed by atoms with Gasteiger partial charge in [-0.1, -0.05) is 66.7 Å². The third kappa shape index (κ3) is 7.86. The van der Waals surface area contributed by atoms with Crippen molar-refractivity contribution >= 4 is 41.5 Å². The number of hydrogen-bond acceptors (Lipinski definition) is 10. The zero-order valence-corrected chi connectivity index (χ0v) is 26.1. The van der Waals surface area contributed by atoms with E-state index in [4.69, 9.17) is 24.3 Å². The summed E-state index contributed by atoms with van der Waals surface area (Å²) in [6.45, 7) is 4.97. The molecular formula is C32H36N5O7P. The van der Waals surface area contributed by atoms with E-state index in [0.29, 0.717) is 29.0 Å². The first kappa shape index (κ1) is 32.1. The molecule has 3 atom stereocenters. The number of nitrogens with one attached hydrogen (secondary N) is 1. The Bertz CT molecular complexity index is 1820. The second-order valence-corrected chi connectivity index (χ2v) is 12.2. The van der Waals surface area contributed by atoms with Gasteiger partial charge in [-0.3, -0.25) is 9.32 Å². The molecule has 45 heavy (non-hydrogen) atoms. The molecule has 5 rings (SSSR count). The van der Waals surface area contributed by atoms with Gasteiger partial charge in [-0.15, -0.1) is 0 Å². The van der Waals surface area contributed by atoms with Gasteiger partial charge in [0.2, 0.25) is 0 Å². The van der Waals surface area contributed by atoms with E-state index in [1.165, 1.54) is 13.8 Å². The van der Waals surface area contributed by atoms with Crippen LogP contribution in [0.3, 0.4) is 0 Å². The molecule has 0 amide bonds. The summed E-state index contributed by atoms with van der Waals surface area (Å²) in [6.07, 6.45) is 0. The van der Waals surface area contributed by atoms with Crippen LogP contribution >= 0.6 is 7.75 Å². The molecule has 5 aromatic rings. The quantitative estimate of drug-likeness (QED) is 0.0823. The number of rotatable bonds is 14. The fourth-order valence-corrected chi connectivity index (χ4v) is 6.49. The summed E-state index contributed by atoms with van der Waals surface area (Å²) in [7, 11) is -4.44. The molecule has 236 valence electrons. The Morgan fingerprint density at radius 1 is 1.02 bits per heavy atom. The van der Waals surface area contributed by atoms with E-state index in [9.17, 15) is 14.5 Å². The topological polar surface area (TPSA) is 160 Å². The molecule has 3 aromatic carbocycles. The predicted molar refractivity (Wildman–Crippen MR) is 170 cm³/mol. The number of nitrogens with two attached hydrogens (primary N) is 1. The van der Waals surface area contributed by atoms with Crippen LogP contribution in [0.4, 0.5) is 5.82 Å². The van der Waals surface area contributed by atoms with Gasteiger partial charge in [-0.05, 0) is 44.5 Å². The molecule has 0 aliphatic carbocycles. The van der Waals surface area contributed by atoms with Crippen LogP contribution in [-0.2, 0) is 43.1 Å². The number of ether oxygens (including phenoxy) is 2. The van der Waals surface area contributed by atoms with Gasteiger partial charge in [-0.2, -0.15) is 5.09 Å². The van der Waals surface area contributed by atoms with Crippen LogP contribution in [-0.4, -0.2) is 44.0 Å². The zero-order valence-electron chi connectivity index (χ0n) is 25.3. The summed E-state index contributed by atoms with van der Waals surface area (Å²) < 4.78 is 38.7. The van der Waals surface area contributed by atoms with Crippen molar-refractivity contribution in [1.82, 2.24) is 19.6 Å². The van der Waals surface area contributed by atoms with Crippen molar-refractivity contribution in [2.45, 2.75) is 52.4 Å². The lowest BCUT2D eigenvalue weighted by atomic mass is 10.2. The van der Waals surface area contributed by atoms with Gasteiger partial charge in [0.15, 0.2) is 11.6 Å². The highest BCUT2D eigenvalue weighted by atomic mass is 31.2. The SMILES string of the molecule is CCOCc1nc2c(N)nc3ccccc3c2n1CC(C)(O)O[P@](=O)(N[C@@H](C)C(=O)OCc1ccccc1)Oc1ccccc1. The van der Waals surface area contributed by atoms with Crippen molar-refractivity contribution < 1.29 is 33.0 Å². The number of carbonyl (C=O) groups is 1. The average Bonchev–Trinajstić information content (AvgIpc) is 3.37. The Morgan fingerprint density at radius 2 is 1.69 bits per heavy atom. The number of carbonyl (C=O) groups excluding carboxylic acids is 1. The molecule has 0 fully saturated rings. The summed E-state index contributed by atoms with van der Waals surface area (Å²) in [5.74, 6) is -1.95. The van der Waals surface area contributed by atoms with E-state index in [2.05, 4.69) is 15.1 Å². The number of para-hydroxylation sites is 2. The van der Waals surface area contributed by atoms with E-state index in [1.54, 1.807) is 34.9 Å². The van der Waals surface area contributed by atoms with Crippen molar-refractivity contribution in [2.75, 3.05) is 12.3 Å². The van der Waals surface area contributed by atoms with Crippen LogP contribution in [0.1, 0.15) is 32.2 Å². The summed E-state index contributed by atoms with van der Waals surface area (Å²) in [5, 5.41) is 15.1. The zero-order chi connectivity index (χ0) is 32.0. The van der Waals surface area contributed by atoms with Crippen LogP contribution in [0, 0.1) is 0 Å². The Morgan fingerprint density at radius 3 is 2.40 bits per heavy atom. The molecular weight excluding hydrogens is 597 g/mol. The highest BCUT2D eigenvalue weighted by molar-refractivity contribution is 7.52. The van der Waals surface area contributed by atoms with Crippen LogP contribution in [0.15, 0.2) is 84.9 Å². The number of esters is 1. The molecule has 0 bridgehead atoms. The molecule has 0 saturated heterocycles. The molecule has 0 spiro atoms. The molecule has 12 nitrogen and oxygen atoms in total. The normalized spacial score (nSPS) is 14.9. The maximum absolute atomic E-state index is 14.3. The minimum Gasteiger partial charge on any atom is -0.460 e. The molecule has 2 aromatic heterocycles. The minimum absolute atomic E-state index is 0.0242. The van der Waals surface area contributed by atoms with Crippen molar-refractivity contribution in [2.24, 2.45) is 0 Å². The maximum Gasteiger partial charge on any atom is 0.462 e. The largest absolute Gasteiger partial charge is 0.462 e. The number of imidazole rings is 1. The molecule has 0 aliphatic rings. The third-order valence-electron chi connectivity index (χ3n) is 6.79. The first-order valence-electron chi connectivity index (χ1n) is 14.4. The number of nitrogen functional groups attached to an aromatic ring is 1. The maximum atomic E-state index is 14.3. The molecule has 0 aliphatic heterocycles. The summed E-state index contributed by atoms with van der Waals surface area (Å²) >= 11 is 0. The van der Waals surface area contributed by atoms with Gasteiger partial charge in [0, 0.05) is 12.0 Å². The van der Waals surface area contributed by atoms with Crippen molar-refractivity contribution in [3.05, 3.63) is 96.3 Å². The predicted octanol–water partition coefficient (Wildman–Crippen LogP) is 5.34. The molecule has 1 unspecified atom stereocenters. The fourth-order valence-electron chi connectivity index (χ4n) is 4.79. The van der Waals surface area contributed by atoms with Gasteiger partial charge in [0.05, 0.1) is 17.6 Å². The van der Waals surface area contributed by atoms with Crippen LogP contribution in [0.25, 0.3) is 21.9 Å². The molecule has 2 heterocycles. The number of benzene rings is 3. The van der Waals surface area contributed by atoms with E-state index < -0.39 is 25.5 Å². The lowest BCUT2D eigenvalue weighted by molar-refractivity contribution is -0.148. The molecule has 4 N–H and O–H groups in total. The standard InChI is InChI=1S/C32H36N5O7P/c1-4-41-20-27-35-28-29(25-17-11-12-18-26(25)34-30(28)33)37(27)21-32(3,39)44-45(40,43-24-15-9-6-10-16-24)36-22(2)31(38)42-19-23-13-7-5-8-14-23/h5-18,22,39H,4,19-21H2,1-3H3,(H2,33,34)(H,36,40)/t22-,32?,45-/m0/s1. The highest BCUT2D eigenvalue weighted by Crippen LogP contribution is 2.48. The Hall–Kier alpha value is -4.32. The van der Waals surface area contributed by atoms with Crippen LogP contribution < -0.4 is 15.3 Å². The molecule has 0 saturated carbocycles. The smallest absolute Gasteiger partial charge is 0.460 e. The van der Waals surface area contributed by atoms with Crippen molar-refractivity contribution in [3.63, 3.8) is 0 Å². The minimum atomic E-state index is -4.44. The second kappa shape index (κ2) is 13.8. The number of pyridine rings is 1. The monoisotopic (exact) mass is 633 g/mol. The average molecular weight is 634 g/mol. The van der Waals surface area contributed by atoms with Gasteiger partial charge in [0.1, 0.15) is 36.3 Å². The Balaban J connectivity index is 1.45. The summed E-state index contributed by atoms with van der Waals surface area (Å²) in [6, 6.07) is 23.7. The number of aromatic nitrogens is 3. The van der Waals surface area contributed by atoms with Gasteiger partial charge >= 0.3 is 13.7 Å². The van der Waals surface area contributed by atoms with Gasteiger partial charge in [0.25, 0.3) is 0 Å². The van der Waals surface area contributed by atoms with Crippen molar-refractivity contribution in [1.29, 1.82) is 0 Å². The summed E-state index contributed by atoms with van der Waals surface area (Å²) in [4.78, 5) is 22.0. The lowest BCUT2D eigenvalue weighted by Crippen LogP contribution is -2.40. The lowest BCUT2D eigenvalue weighted by Gasteiger charge is -2.31. The first-order chi connectivity index (χ1) is 21.6. The second-order valence-electron chi connectivity index (χ2n) is 10.6. The number of nitrogens with zero attached hydrogens (tertiary/aromatic N) is 3.